The molecule has 0 saturated carbocycles. The van der Waals surface area contributed by atoms with Crippen molar-refractivity contribution in [2.45, 2.75) is 0 Å². The predicted molar refractivity (Wildman–Crippen MR) is 120 cm³/mol. The van der Waals surface area contributed by atoms with Gasteiger partial charge in [-0.3, -0.25) is 4.79 Å². The van der Waals surface area contributed by atoms with Crippen molar-refractivity contribution in [3.8, 4) is 17.2 Å². The van der Waals surface area contributed by atoms with E-state index in [1.807, 2.05) is 36.0 Å². The highest BCUT2D eigenvalue weighted by atomic mass is 19.1. The number of benzene rings is 3. The van der Waals surface area contributed by atoms with Crippen molar-refractivity contribution in [1.82, 2.24) is 4.57 Å². The summed E-state index contributed by atoms with van der Waals surface area (Å²) in [6.45, 7) is 0. The third-order valence-electron chi connectivity index (χ3n) is 5.45. The fourth-order valence-electron chi connectivity index (χ4n) is 3.77. The van der Waals surface area contributed by atoms with Gasteiger partial charge in [0, 0.05) is 35.8 Å². The number of carbonyl (C=O) groups excluding carboxylic acids is 2. The number of aryl methyl sites for hydroxylation is 1. The maximum atomic E-state index is 13.1. The third kappa shape index (κ3) is 3.74. The van der Waals surface area contributed by atoms with E-state index in [1.165, 1.54) is 36.4 Å². The van der Waals surface area contributed by atoms with Crippen LogP contribution in [0.25, 0.3) is 17.0 Å². The minimum atomic E-state index is -0.639. The van der Waals surface area contributed by atoms with E-state index < -0.39 is 11.8 Å². The van der Waals surface area contributed by atoms with E-state index in [4.69, 9.17) is 14.2 Å². The number of aromatic nitrogens is 1. The van der Waals surface area contributed by atoms with Gasteiger partial charge in [0.2, 0.25) is 5.78 Å². The van der Waals surface area contributed by atoms with Crippen LogP contribution in [0.3, 0.4) is 0 Å². The smallest absolute Gasteiger partial charge is 0.343 e. The molecule has 0 bridgehead atoms. The Morgan fingerprint density at radius 1 is 1.03 bits per heavy atom. The summed E-state index contributed by atoms with van der Waals surface area (Å²) in [5.41, 5.74) is 2.38. The van der Waals surface area contributed by atoms with Gasteiger partial charge in [-0.25, -0.2) is 9.18 Å². The fraction of sp³-hybridized carbons (Fsp3) is 0.0769. The van der Waals surface area contributed by atoms with Crippen LogP contribution in [0.5, 0.6) is 17.2 Å². The highest BCUT2D eigenvalue weighted by Gasteiger charge is 2.28. The van der Waals surface area contributed by atoms with E-state index in [2.05, 4.69) is 0 Å². The number of fused-ring (bicyclic) bond motifs is 2. The van der Waals surface area contributed by atoms with Gasteiger partial charge in [0.1, 0.15) is 23.1 Å². The maximum Gasteiger partial charge on any atom is 0.343 e. The molecule has 0 atom stereocenters. The Morgan fingerprint density at radius 2 is 1.79 bits per heavy atom. The number of rotatable bonds is 4. The zero-order chi connectivity index (χ0) is 23.1. The topological polar surface area (TPSA) is 66.8 Å². The van der Waals surface area contributed by atoms with E-state index in [0.717, 1.165) is 16.5 Å². The van der Waals surface area contributed by atoms with Gasteiger partial charge in [-0.15, -0.1) is 0 Å². The summed E-state index contributed by atoms with van der Waals surface area (Å²) >= 11 is 0. The van der Waals surface area contributed by atoms with Gasteiger partial charge in [-0.1, -0.05) is 0 Å². The normalized spacial score (nSPS) is 13.8. The summed E-state index contributed by atoms with van der Waals surface area (Å²) < 4.78 is 31.5. The summed E-state index contributed by atoms with van der Waals surface area (Å²) in [6, 6.07) is 15.3. The van der Waals surface area contributed by atoms with Gasteiger partial charge in [0.15, 0.2) is 5.76 Å². The number of carbonyl (C=O) groups is 2. The molecule has 164 valence electrons. The van der Waals surface area contributed by atoms with Crippen molar-refractivity contribution in [2.24, 2.45) is 7.05 Å². The Morgan fingerprint density at radius 3 is 2.55 bits per heavy atom. The molecule has 1 aliphatic heterocycles. The van der Waals surface area contributed by atoms with Crippen LogP contribution in [0.4, 0.5) is 4.39 Å². The summed E-state index contributed by atoms with van der Waals surface area (Å²) in [7, 11) is 3.52. The first-order valence-electron chi connectivity index (χ1n) is 10.1. The molecule has 3 aromatic carbocycles. The van der Waals surface area contributed by atoms with Crippen LogP contribution >= 0.6 is 0 Å². The standard InChI is InChI=1S/C26H18FNO5/c1-28-14-16(21-12-18(31-2)8-10-22(21)28)11-24-25(29)20-9-7-19(13-23(20)33-24)32-26(30)15-3-5-17(27)6-4-15/h3-14H,1-2H3. The van der Waals surface area contributed by atoms with Crippen LogP contribution in [0.15, 0.2) is 72.6 Å². The molecule has 6 nitrogen and oxygen atoms in total. The zero-order valence-electron chi connectivity index (χ0n) is 17.8. The molecule has 4 aromatic rings. The van der Waals surface area contributed by atoms with Crippen molar-refractivity contribution in [3.63, 3.8) is 0 Å². The van der Waals surface area contributed by atoms with E-state index >= 15 is 0 Å². The SMILES string of the molecule is COc1ccc2c(c1)c(C=C1Oc3cc(OC(=O)c4ccc(F)cc4)ccc3C1=O)cn2C. The number of nitrogens with zero attached hydrogens (tertiary/aromatic N) is 1. The molecule has 0 saturated heterocycles. The zero-order valence-corrected chi connectivity index (χ0v) is 17.8. The molecule has 0 spiro atoms. The Labute approximate surface area is 188 Å². The fourth-order valence-corrected chi connectivity index (χ4v) is 3.77. The summed E-state index contributed by atoms with van der Waals surface area (Å²) in [4.78, 5) is 25.2. The average Bonchev–Trinajstić information content (AvgIpc) is 3.29. The van der Waals surface area contributed by atoms with Crippen molar-refractivity contribution in [1.29, 1.82) is 0 Å². The van der Waals surface area contributed by atoms with Gasteiger partial charge < -0.3 is 18.8 Å². The molecule has 33 heavy (non-hydrogen) atoms. The Kier molecular flexibility index (Phi) is 4.94. The maximum absolute atomic E-state index is 13.1. The minimum Gasteiger partial charge on any atom is -0.497 e. The Hall–Kier alpha value is -4.39. The second kappa shape index (κ2) is 7.94. The number of hydrogen-bond donors (Lipinski definition) is 0. The third-order valence-corrected chi connectivity index (χ3v) is 5.45. The molecule has 1 aromatic heterocycles. The molecule has 0 N–H and O–H groups in total. The molecular formula is C26H18FNO5. The number of allylic oxidation sites excluding steroid dienone is 1. The molecular weight excluding hydrogens is 425 g/mol. The number of halogens is 1. The molecule has 7 heteroatoms. The number of hydrogen-bond acceptors (Lipinski definition) is 5. The van der Waals surface area contributed by atoms with Crippen molar-refractivity contribution >= 4 is 28.7 Å². The molecule has 0 fully saturated rings. The highest BCUT2D eigenvalue weighted by Crippen LogP contribution is 2.36. The predicted octanol–water partition coefficient (Wildman–Crippen LogP) is 5.16. The van der Waals surface area contributed by atoms with Crippen molar-refractivity contribution < 1.29 is 28.2 Å². The van der Waals surface area contributed by atoms with E-state index in [0.29, 0.717) is 17.1 Å². The second-order valence-corrected chi connectivity index (χ2v) is 7.57. The molecule has 5 rings (SSSR count). The number of esters is 1. The average molecular weight is 443 g/mol. The number of ketones is 1. The van der Waals surface area contributed by atoms with Gasteiger partial charge in [-0.05, 0) is 60.7 Å². The summed E-state index contributed by atoms with van der Waals surface area (Å²) in [6.07, 6.45) is 3.60. The highest BCUT2D eigenvalue weighted by molar-refractivity contribution is 6.15. The van der Waals surface area contributed by atoms with Crippen LogP contribution < -0.4 is 14.2 Å². The molecule has 0 aliphatic carbocycles. The van der Waals surface area contributed by atoms with Crippen molar-refractivity contribution in [2.75, 3.05) is 7.11 Å². The number of Topliss-reactive ketones (excluding diaryl/α,β-unsaturated/α-hetero) is 1. The van der Waals surface area contributed by atoms with Gasteiger partial charge in [0.05, 0.1) is 18.2 Å². The lowest BCUT2D eigenvalue weighted by Crippen LogP contribution is -2.08. The van der Waals surface area contributed by atoms with Crippen LogP contribution in [0, 0.1) is 5.82 Å². The first kappa shape index (κ1) is 20.5. The number of ether oxygens (including phenoxy) is 3. The first-order valence-corrected chi connectivity index (χ1v) is 10.1. The Bertz CT molecular complexity index is 1450. The number of methoxy groups -OCH3 is 1. The lowest BCUT2D eigenvalue weighted by Gasteiger charge is -2.05. The van der Waals surface area contributed by atoms with Crippen LogP contribution in [-0.2, 0) is 7.05 Å². The van der Waals surface area contributed by atoms with Crippen LogP contribution in [-0.4, -0.2) is 23.4 Å². The van der Waals surface area contributed by atoms with Crippen molar-refractivity contribution in [3.05, 3.63) is 95.1 Å². The van der Waals surface area contributed by atoms with Crippen LogP contribution in [0.1, 0.15) is 26.3 Å². The van der Waals surface area contributed by atoms with Gasteiger partial charge in [-0.2, -0.15) is 0 Å². The molecule has 0 amide bonds. The van der Waals surface area contributed by atoms with E-state index in [-0.39, 0.29) is 22.9 Å². The van der Waals surface area contributed by atoms with E-state index in [1.54, 1.807) is 19.3 Å². The van der Waals surface area contributed by atoms with Gasteiger partial charge in [0.25, 0.3) is 0 Å². The lowest BCUT2D eigenvalue weighted by molar-refractivity contribution is 0.0734. The lowest BCUT2D eigenvalue weighted by atomic mass is 10.1. The minimum absolute atomic E-state index is 0.169. The van der Waals surface area contributed by atoms with Gasteiger partial charge >= 0.3 is 5.97 Å². The first-order chi connectivity index (χ1) is 15.9. The quantitative estimate of drug-likeness (QED) is 0.248. The van der Waals surface area contributed by atoms with Crippen LogP contribution in [0.2, 0.25) is 0 Å². The largest absolute Gasteiger partial charge is 0.497 e. The molecule has 1 aliphatic rings. The molecule has 2 heterocycles. The summed E-state index contributed by atoms with van der Waals surface area (Å²) in [5.74, 6) is 0.0479. The Balaban J connectivity index is 1.42. The monoisotopic (exact) mass is 443 g/mol. The second-order valence-electron chi connectivity index (χ2n) is 7.57. The summed E-state index contributed by atoms with van der Waals surface area (Å²) in [5, 5.41) is 0.922. The van der Waals surface area contributed by atoms with E-state index in [9.17, 15) is 14.0 Å². The molecule has 0 unspecified atom stereocenters. The molecule has 0 radical (unpaired) electrons.